The highest BCUT2D eigenvalue weighted by Gasteiger charge is 2.26. The number of anilines is 1. The van der Waals surface area contributed by atoms with Crippen LogP contribution >= 0.6 is 11.3 Å². The lowest BCUT2D eigenvalue weighted by Crippen LogP contribution is -2.31. The molecule has 1 fully saturated rings. The lowest BCUT2D eigenvalue weighted by atomic mass is 10.1. The van der Waals surface area contributed by atoms with E-state index in [2.05, 4.69) is 10.6 Å². The monoisotopic (exact) mass is 484 g/mol. The number of carbonyl (C=O) groups is 1. The van der Waals surface area contributed by atoms with E-state index in [4.69, 9.17) is 4.98 Å². The van der Waals surface area contributed by atoms with Gasteiger partial charge in [0.15, 0.2) is 5.65 Å². The van der Waals surface area contributed by atoms with E-state index < -0.39 is 6.10 Å². The Morgan fingerprint density at radius 1 is 1.09 bits per heavy atom. The fourth-order valence-electron chi connectivity index (χ4n) is 4.33. The molecule has 3 aromatic heterocycles. The van der Waals surface area contributed by atoms with Crippen molar-refractivity contribution in [2.45, 2.75) is 18.9 Å². The molecular formula is C27H24N4O3S. The number of hydrogen-bond donors (Lipinski definition) is 3. The molecule has 0 spiro atoms. The van der Waals surface area contributed by atoms with Crippen LogP contribution in [0.1, 0.15) is 34.9 Å². The van der Waals surface area contributed by atoms with Gasteiger partial charge in [-0.1, -0.05) is 42.5 Å². The first-order chi connectivity index (χ1) is 17.1. The van der Waals surface area contributed by atoms with Crippen molar-refractivity contribution in [1.29, 1.82) is 0 Å². The van der Waals surface area contributed by atoms with Gasteiger partial charge in [-0.15, -0.1) is 11.3 Å². The first-order valence-electron chi connectivity index (χ1n) is 11.7. The fraction of sp³-hybridized carbons (Fsp3) is 0.222. The Morgan fingerprint density at radius 3 is 2.66 bits per heavy atom. The van der Waals surface area contributed by atoms with Crippen LogP contribution in [-0.4, -0.2) is 33.5 Å². The molecular weight excluding hydrogens is 460 g/mol. The predicted molar refractivity (Wildman–Crippen MR) is 139 cm³/mol. The second kappa shape index (κ2) is 8.79. The molecule has 1 saturated carbocycles. The predicted octanol–water partition coefficient (Wildman–Crippen LogP) is 4.35. The van der Waals surface area contributed by atoms with Crippen molar-refractivity contribution in [2.24, 2.45) is 5.92 Å². The van der Waals surface area contributed by atoms with E-state index in [1.54, 1.807) is 12.1 Å². The van der Waals surface area contributed by atoms with Gasteiger partial charge in [0.2, 0.25) is 5.43 Å². The highest BCUT2D eigenvalue weighted by Crippen LogP contribution is 2.32. The molecule has 1 aliphatic rings. The average Bonchev–Trinajstić information content (AvgIpc) is 3.64. The molecule has 176 valence electrons. The maximum Gasteiger partial charge on any atom is 0.258 e. The molecule has 35 heavy (non-hydrogen) atoms. The molecule has 1 amide bonds. The molecule has 1 atom stereocenters. The Balaban J connectivity index is 1.44. The average molecular weight is 485 g/mol. The standard InChI is InChI=1S/C27H24N4O3S/c32-20(17-6-2-1-3-7-17)15-28-22-13-12-18-24(33)23(26(34)29-14-16-10-11-16)27-31(25(18)30-22)19-8-4-5-9-21(19)35-27/h1-9,12-13,16,20,32H,10-11,14-15H2,(H,28,30)(H,29,34). The van der Waals surface area contributed by atoms with Crippen molar-refractivity contribution in [1.82, 2.24) is 14.7 Å². The van der Waals surface area contributed by atoms with Crippen LogP contribution in [0.5, 0.6) is 0 Å². The van der Waals surface area contributed by atoms with Crippen molar-refractivity contribution >= 4 is 49.1 Å². The van der Waals surface area contributed by atoms with E-state index >= 15 is 0 Å². The summed E-state index contributed by atoms with van der Waals surface area (Å²) in [6, 6.07) is 20.7. The van der Waals surface area contributed by atoms with E-state index in [1.807, 2.05) is 59.0 Å². The van der Waals surface area contributed by atoms with Gasteiger partial charge in [-0.05, 0) is 48.6 Å². The van der Waals surface area contributed by atoms with E-state index in [-0.39, 0.29) is 23.4 Å². The maximum atomic E-state index is 13.5. The molecule has 3 heterocycles. The minimum Gasteiger partial charge on any atom is -0.387 e. The first-order valence-corrected chi connectivity index (χ1v) is 12.5. The molecule has 8 heteroatoms. The number of benzene rings is 2. The summed E-state index contributed by atoms with van der Waals surface area (Å²) in [7, 11) is 0. The fourth-order valence-corrected chi connectivity index (χ4v) is 5.51. The second-order valence-corrected chi connectivity index (χ2v) is 9.97. The summed E-state index contributed by atoms with van der Waals surface area (Å²) in [5.74, 6) is 0.726. The Morgan fingerprint density at radius 2 is 1.86 bits per heavy atom. The summed E-state index contributed by atoms with van der Waals surface area (Å²) in [6.07, 6.45) is 1.54. The van der Waals surface area contributed by atoms with Crippen molar-refractivity contribution in [2.75, 3.05) is 18.4 Å². The number of aliphatic hydroxyl groups excluding tert-OH is 1. The SMILES string of the molecule is O=C(NCC1CC1)c1c(=O)c2ccc(NCC(O)c3ccccc3)nc2n2c1sc1ccccc12. The molecule has 0 bridgehead atoms. The lowest BCUT2D eigenvalue weighted by molar-refractivity contribution is 0.0952. The number of hydrogen-bond acceptors (Lipinski definition) is 6. The van der Waals surface area contributed by atoms with Gasteiger partial charge in [0, 0.05) is 13.1 Å². The Kier molecular flexibility index (Phi) is 5.47. The normalized spacial score (nSPS) is 14.4. The summed E-state index contributed by atoms with van der Waals surface area (Å²) < 4.78 is 2.87. The molecule has 5 aromatic rings. The van der Waals surface area contributed by atoms with Gasteiger partial charge in [-0.2, -0.15) is 0 Å². The number of thiazole rings is 1. The minimum absolute atomic E-state index is 0.168. The second-order valence-electron chi connectivity index (χ2n) is 8.94. The zero-order chi connectivity index (χ0) is 23.9. The number of fused-ring (bicyclic) bond motifs is 5. The van der Waals surface area contributed by atoms with E-state index in [1.165, 1.54) is 11.3 Å². The number of aliphatic hydroxyl groups is 1. The van der Waals surface area contributed by atoms with Gasteiger partial charge >= 0.3 is 0 Å². The van der Waals surface area contributed by atoms with Crippen LogP contribution in [0.3, 0.4) is 0 Å². The Labute approximate surface area is 205 Å². The summed E-state index contributed by atoms with van der Waals surface area (Å²) in [5, 5.41) is 17.0. The van der Waals surface area contributed by atoms with Crippen molar-refractivity contribution in [3.8, 4) is 0 Å². The zero-order valence-corrected chi connectivity index (χ0v) is 19.7. The van der Waals surface area contributed by atoms with Crippen LogP contribution in [0, 0.1) is 5.92 Å². The summed E-state index contributed by atoms with van der Waals surface area (Å²) >= 11 is 1.42. The van der Waals surface area contributed by atoms with Crippen molar-refractivity contribution in [3.63, 3.8) is 0 Å². The van der Waals surface area contributed by atoms with Gasteiger partial charge < -0.3 is 15.7 Å². The maximum absolute atomic E-state index is 13.5. The molecule has 0 saturated heterocycles. The molecule has 3 N–H and O–H groups in total. The van der Waals surface area contributed by atoms with Crippen LogP contribution in [0.25, 0.3) is 26.1 Å². The Bertz CT molecular complexity index is 1620. The third-order valence-corrected chi connectivity index (χ3v) is 7.57. The number of nitrogens with one attached hydrogen (secondary N) is 2. The van der Waals surface area contributed by atoms with Crippen LogP contribution in [0.2, 0.25) is 0 Å². The largest absolute Gasteiger partial charge is 0.387 e. The molecule has 0 aliphatic heterocycles. The van der Waals surface area contributed by atoms with Gasteiger partial charge in [0.05, 0.1) is 21.7 Å². The van der Waals surface area contributed by atoms with Gasteiger partial charge in [-0.3, -0.25) is 14.0 Å². The van der Waals surface area contributed by atoms with Gasteiger partial charge in [0.25, 0.3) is 5.91 Å². The number of rotatable bonds is 7. The van der Waals surface area contributed by atoms with E-state index in [0.717, 1.165) is 28.6 Å². The minimum atomic E-state index is -0.698. The van der Waals surface area contributed by atoms with E-state index in [9.17, 15) is 14.7 Å². The van der Waals surface area contributed by atoms with Crippen LogP contribution in [0.15, 0.2) is 71.5 Å². The molecule has 1 unspecified atom stereocenters. The molecule has 0 radical (unpaired) electrons. The molecule has 2 aromatic carbocycles. The quantitative estimate of drug-likeness (QED) is 0.319. The summed E-state index contributed by atoms with van der Waals surface area (Å²) in [6.45, 7) is 0.866. The summed E-state index contributed by atoms with van der Waals surface area (Å²) in [4.78, 5) is 32.0. The smallest absolute Gasteiger partial charge is 0.258 e. The van der Waals surface area contributed by atoms with E-state index in [0.29, 0.717) is 34.1 Å². The topological polar surface area (TPSA) is 95.7 Å². The Hall–Kier alpha value is -3.75. The van der Waals surface area contributed by atoms with Crippen molar-refractivity contribution in [3.05, 3.63) is 88.1 Å². The number of pyridine rings is 2. The number of amides is 1. The number of aromatic nitrogens is 2. The van der Waals surface area contributed by atoms with Crippen molar-refractivity contribution < 1.29 is 9.90 Å². The zero-order valence-electron chi connectivity index (χ0n) is 18.9. The third-order valence-electron chi connectivity index (χ3n) is 6.42. The highest BCUT2D eigenvalue weighted by molar-refractivity contribution is 7.24. The van der Waals surface area contributed by atoms with Crippen LogP contribution < -0.4 is 16.1 Å². The molecule has 7 nitrogen and oxygen atoms in total. The van der Waals surface area contributed by atoms with Gasteiger partial charge in [-0.25, -0.2) is 4.98 Å². The first kappa shape index (κ1) is 21.8. The number of para-hydroxylation sites is 1. The van der Waals surface area contributed by atoms with Crippen LogP contribution in [0.4, 0.5) is 5.82 Å². The number of nitrogens with zero attached hydrogens (tertiary/aromatic N) is 2. The lowest BCUT2D eigenvalue weighted by Gasteiger charge is -2.14. The highest BCUT2D eigenvalue weighted by atomic mass is 32.1. The summed E-state index contributed by atoms with van der Waals surface area (Å²) in [5.41, 5.74) is 2.04. The van der Waals surface area contributed by atoms with Crippen LogP contribution in [-0.2, 0) is 0 Å². The third kappa shape index (κ3) is 4.05. The van der Waals surface area contributed by atoms with Gasteiger partial charge in [0.1, 0.15) is 16.2 Å². The molecule has 1 aliphatic carbocycles. The molecule has 6 rings (SSSR count). The number of carbonyl (C=O) groups excluding carboxylic acids is 1.